The fourth-order valence-corrected chi connectivity index (χ4v) is 5.93. The summed E-state index contributed by atoms with van der Waals surface area (Å²) in [6, 6.07) is 2.31. The molecule has 4 fully saturated rings. The Morgan fingerprint density at radius 3 is 2.27 bits per heavy atom. The standard InChI is InChI=1S/C18H27N3O/c1-11-4-12(2)20-16(19-11)21-13(3)17-6-14-5-15(7-17)9-18(22,8-14)10-17/h4,13-15,22H,5-10H2,1-3H3,(H,19,20,21)/t13-,14+,15+,17?,18?/m1/s1. The van der Waals surface area contributed by atoms with Crippen LogP contribution in [0.25, 0.3) is 0 Å². The second-order valence-electron chi connectivity index (χ2n) is 8.39. The Kier molecular flexibility index (Phi) is 3.06. The summed E-state index contributed by atoms with van der Waals surface area (Å²) in [5.74, 6) is 2.18. The molecule has 0 spiro atoms. The Hall–Kier alpha value is -1.16. The highest BCUT2D eigenvalue weighted by molar-refractivity contribution is 5.30. The number of nitrogens with zero attached hydrogens (tertiary/aromatic N) is 2. The highest BCUT2D eigenvalue weighted by Gasteiger charge is 2.58. The number of anilines is 1. The molecule has 1 heterocycles. The minimum absolute atomic E-state index is 0.222. The van der Waals surface area contributed by atoms with Crippen LogP contribution in [0.2, 0.25) is 0 Å². The largest absolute Gasteiger partial charge is 0.390 e. The molecule has 0 aliphatic heterocycles. The van der Waals surface area contributed by atoms with Gasteiger partial charge in [-0.25, -0.2) is 9.97 Å². The summed E-state index contributed by atoms with van der Waals surface area (Å²) in [6.45, 7) is 6.29. The van der Waals surface area contributed by atoms with E-state index >= 15 is 0 Å². The molecule has 0 amide bonds. The van der Waals surface area contributed by atoms with Crippen LogP contribution in [0.15, 0.2) is 6.07 Å². The van der Waals surface area contributed by atoms with Crippen molar-refractivity contribution in [2.24, 2.45) is 17.3 Å². The molecule has 4 saturated carbocycles. The Bertz CT molecular complexity index is 566. The maximum atomic E-state index is 10.9. The zero-order valence-corrected chi connectivity index (χ0v) is 13.9. The molecule has 0 unspecified atom stereocenters. The third kappa shape index (κ3) is 2.32. The first kappa shape index (κ1) is 14.4. The lowest BCUT2D eigenvalue weighted by atomic mass is 9.46. The summed E-state index contributed by atoms with van der Waals surface area (Å²) < 4.78 is 0. The van der Waals surface area contributed by atoms with Crippen molar-refractivity contribution in [2.75, 3.05) is 5.32 Å². The van der Waals surface area contributed by atoms with Gasteiger partial charge in [-0.2, -0.15) is 0 Å². The molecule has 5 rings (SSSR count). The van der Waals surface area contributed by atoms with Gasteiger partial charge >= 0.3 is 0 Å². The lowest BCUT2D eigenvalue weighted by molar-refractivity contribution is -0.167. The Labute approximate surface area is 132 Å². The quantitative estimate of drug-likeness (QED) is 0.900. The zero-order chi connectivity index (χ0) is 15.5. The Morgan fingerprint density at radius 2 is 1.73 bits per heavy atom. The molecule has 2 N–H and O–H groups in total. The molecular weight excluding hydrogens is 274 g/mol. The Morgan fingerprint density at radius 1 is 1.14 bits per heavy atom. The van der Waals surface area contributed by atoms with Gasteiger partial charge in [0.25, 0.3) is 0 Å². The molecule has 120 valence electrons. The first-order chi connectivity index (χ1) is 10.4. The number of aliphatic hydroxyl groups is 1. The number of rotatable bonds is 3. The first-order valence-electron chi connectivity index (χ1n) is 8.67. The van der Waals surface area contributed by atoms with Crippen molar-refractivity contribution in [1.29, 1.82) is 0 Å². The third-order valence-electron chi connectivity index (χ3n) is 6.32. The molecule has 4 aliphatic rings. The van der Waals surface area contributed by atoms with Crippen LogP contribution >= 0.6 is 0 Å². The second-order valence-corrected chi connectivity index (χ2v) is 8.39. The van der Waals surface area contributed by atoms with Crippen LogP contribution < -0.4 is 5.32 Å². The van der Waals surface area contributed by atoms with Crippen LogP contribution in [0, 0.1) is 31.1 Å². The van der Waals surface area contributed by atoms with Crippen LogP contribution in [0.3, 0.4) is 0 Å². The summed E-state index contributed by atoms with van der Waals surface area (Å²) in [4.78, 5) is 9.07. The second kappa shape index (κ2) is 4.67. The molecule has 4 aliphatic carbocycles. The van der Waals surface area contributed by atoms with Crippen molar-refractivity contribution in [3.63, 3.8) is 0 Å². The summed E-state index contributed by atoms with van der Waals surface area (Å²) in [5, 5.41) is 14.5. The molecule has 0 aromatic carbocycles. The maximum absolute atomic E-state index is 10.9. The van der Waals surface area contributed by atoms with E-state index < -0.39 is 5.60 Å². The highest BCUT2D eigenvalue weighted by Crippen LogP contribution is 2.62. The summed E-state index contributed by atoms with van der Waals surface area (Å²) in [5.41, 5.74) is 1.83. The van der Waals surface area contributed by atoms with Crippen molar-refractivity contribution in [3.05, 3.63) is 17.5 Å². The van der Waals surface area contributed by atoms with Gasteiger partial charge in [0.05, 0.1) is 5.60 Å². The smallest absolute Gasteiger partial charge is 0.223 e. The van der Waals surface area contributed by atoms with Gasteiger partial charge in [-0.3, -0.25) is 0 Å². The van der Waals surface area contributed by atoms with E-state index in [9.17, 15) is 5.11 Å². The van der Waals surface area contributed by atoms with Crippen LogP contribution in [-0.4, -0.2) is 26.7 Å². The predicted octanol–water partition coefficient (Wildman–Crippen LogP) is 3.23. The van der Waals surface area contributed by atoms with E-state index in [1.807, 2.05) is 19.9 Å². The van der Waals surface area contributed by atoms with Crippen LogP contribution in [-0.2, 0) is 0 Å². The average Bonchev–Trinajstić information content (AvgIpc) is 2.34. The summed E-state index contributed by atoms with van der Waals surface area (Å²) >= 11 is 0. The molecule has 4 bridgehead atoms. The number of hydrogen-bond donors (Lipinski definition) is 2. The molecule has 4 heteroatoms. The van der Waals surface area contributed by atoms with E-state index in [1.165, 1.54) is 19.3 Å². The van der Waals surface area contributed by atoms with Crippen molar-refractivity contribution >= 4 is 5.95 Å². The molecular formula is C18H27N3O. The van der Waals surface area contributed by atoms with Gasteiger partial charge in [0.15, 0.2) is 0 Å². The van der Waals surface area contributed by atoms with E-state index in [1.54, 1.807) is 0 Å². The lowest BCUT2D eigenvalue weighted by Gasteiger charge is -2.62. The van der Waals surface area contributed by atoms with Crippen LogP contribution in [0.5, 0.6) is 0 Å². The van der Waals surface area contributed by atoms with Gasteiger partial charge in [-0.05, 0) is 82.6 Å². The van der Waals surface area contributed by atoms with Crippen LogP contribution in [0.1, 0.15) is 56.8 Å². The fraction of sp³-hybridized carbons (Fsp3) is 0.778. The molecule has 3 atom stereocenters. The van der Waals surface area contributed by atoms with Gasteiger partial charge in [0, 0.05) is 17.4 Å². The molecule has 0 radical (unpaired) electrons. The summed E-state index contributed by atoms with van der Waals surface area (Å²) in [7, 11) is 0. The fourth-order valence-electron chi connectivity index (χ4n) is 5.93. The summed E-state index contributed by atoms with van der Waals surface area (Å²) in [6.07, 6.45) is 6.84. The van der Waals surface area contributed by atoms with Crippen molar-refractivity contribution < 1.29 is 5.11 Å². The van der Waals surface area contributed by atoms with Gasteiger partial charge in [-0.1, -0.05) is 0 Å². The van der Waals surface area contributed by atoms with E-state index in [-0.39, 0.29) is 5.41 Å². The predicted molar refractivity (Wildman–Crippen MR) is 86.7 cm³/mol. The van der Waals surface area contributed by atoms with E-state index in [2.05, 4.69) is 22.2 Å². The van der Waals surface area contributed by atoms with Crippen molar-refractivity contribution in [3.8, 4) is 0 Å². The normalized spacial score (nSPS) is 40.7. The first-order valence-corrected chi connectivity index (χ1v) is 8.67. The van der Waals surface area contributed by atoms with Crippen molar-refractivity contribution in [2.45, 2.75) is 70.9 Å². The maximum Gasteiger partial charge on any atom is 0.223 e. The SMILES string of the molecule is Cc1cc(C)nc(N[C@H](C)C23C[C@@H]4C[C@H](CC(O)(C4)C2)C3)n1. The van der Waals surface area contributed by atoms with E-state index in [0.29, 0.717) is 6.04 Å². The molecule has 4 nitrogen and oxygen atoms in total. The number of hydrogen-bond acceptors (Lipinski definition) is 4. The highest BCUT2D eigenvalue weighted by atomic mass is 16.3. The molecule has 1 aromatic rings. The van der Waals surface area contributed by atoms with Gasteiger partial charge in [-0.15, -0.1) is 0 Å². The van der Waals surface area contributed by atoms with E-state index in [4.69, 9.17) is 0 Å². The zero-order valence-electron chi connectivity index (χ0n) is 13.9. The number of aryl methyl sites for hydroxylation is 2. The minimum atomic E-state index is -0.399. The molecule has 22 heavy (non-hydrogen) atoms. The van der Waals surface area contributed by atoms with Crippen molar-refractivity contribution in [1.82, 2.24) is 9.97 Å². The Balaban J connectivity index is 1.58. The third-order valence-corrected chi connectivity index (χ3v) is 6.32. The molecule has 1 aromatic heterocycles. The monoisotopic (exact) mass is 301 g/mol. The van der Waals surface area contributed by atoms with Crippen LogP contribution in [0.4, 0.5) is 5.95 Å². The topological polar surface area (TPSA) is 58.0 Å². The number of nitrogens with one attached hydrogen (secondary N) is 1. The van der Waals surface area contributed by atoms with E-state index in [0.717, 1.165) is 48.4 Å². The van der Waals surface area contributed by atoms with Gasteiger partial charge in [0.2, 0.25) is 5.95 Å². The minimum Gasteiger partial charge on any atom is -0.390 e. The number of aromatic nitrogens is 2. The average molecular weight is 301 g/mol. The molecule has 0 saturated heterocycles. The van der Waals surface area contributed by atoms with Gasteiger partial charge in [0.1, 0.15) is 0 Å². The lowest BCUT2D eigenvalue weighted by Crippen LogP contribution is -2.60. The van der Waals surface area contributed by atoms with Gasteiger partial charge < -0.3 is 10.4 Å².